The summed E-state index contributed by atoms with van der Waals surface area (Å²) in [5.41, 5.74) is 3.54. The van der Waals surface area contributed by atoms with Crippen molar-refractivity contribution in [2.75, 3.05) is 4.90 Å². The van der Waals surface area contributed by atoms with Gasteiger partial charge in [-0.3, -0.25) is 0 Å². The van der Waals surface area contributed by atoms with Crippen LogP contribution in [0.25, 0.3) is 21.5 Å². The molecular formula is C28H25N. The molecule has 0 radical (unpaired) electrons. The van der Waals surface area contributed by atoms with Gasteiger partial charge in [-0.2, -0.15) is 0 Å². The first kappa shape index (κ1) is 18.8. The van der Waals surface area contributed by atoms with Gasteiger partial charge in [-0.1, -0.05) is 105 Å². The van der Waals surface area contributed by atoms with Gasteiger partial charge in [0.2, 0.25) is 0 Å². The van der Waals surface area contributed by atoms with Gasteiger partial charge >= 0.3 is 0 Å². The molecule has 0 aliphatic carbocycles. The number of anilines is 3. The predicted molar refractivity (Wildman–Crippen MR) is 127 cm³/mol. The van der Waals surface area contributed by atoms with Gasteiger partial charge in [0.25, 0.3) is 0 Å². The maximum atomic E-state index is 2.37. The Kier molecular flexibility index (Phi) is 5.58. The lowest BCUT2D eigenvalue weighted by Crippen LogP contribution is -2.10. The molecule has 0 amide bonds. The summed E-state index contributed by atoms with van der Waals surface area (Å²) in [7, 11) is 0. The molecule has 0 bridgehead atoms. The number of hydrogen-bond acceptors (Lipinski definition) is 1. The number of benzene rings is 5. The van der Waals surface area contributed by atoms with Crippen LogP contribution in [0.2, 0.25) is 0 Å². The second-order valence-electron chi connectivity index (χ2n) is 6.67. The van der Waals surface area contributed by atoms with Crippen molar-refractivity contribution in [3.63, 3.8) is 0 Å². The molecule has 29 heavy (non-hydrogen) atoms. The minimum atomic E-state index is 1.16. The van der Waals surface area contributed by atoms with E-state index in [2.05, 4.69) is 120 Å². The Bertz CT molecular complexity index is 1130. The fourth-order valence-corrected chi connectivity index (χ4v) is 3.79. The highest BCUT2D eigenvalue weighted by molar-refractivity contribution is 6.04. The van der Waals surface area contributed by atoms with Gasteiger partial charge in [-0.25, -0.2) is 0 Å². The molecule has 0 saturated carbocycles. The molecule has 0 unspecified atom stereocenters. The van der Waals surface area contributed by atoms with Crippen molar-refractivity contribution < 1.29 is 0 Å². The lowest BCUT2D eigenvalue weighted by Gasteiger charge is -2.28. The van der Waals surface area contributed by atoms with E-state index >= 15 is 0 Å². The molecule has 0 fully saturated rings. The zero-order valence-corrected chi connectivity index (χ0v) is 16.9. The normalized spacial score (nSPS) is 10.4. The second kappa shape index (κ2) is 8.62. The largest absolute Gasteiger partial charge is 0.309 e. The minimum absolute atomic E-state index is 1.16. The quantitative estimate of drug-likeness (QED) is 0.305. The number of rotatable bonds is 3. The Morgan fingerprint density at radius 3 is 1.34 bits per heavy atom. The highest BCUT2D eigenvalue weighted by Gasteiger charge is 2.16. The smallest absolute Gasteiger partial charge is 0.0540 e. The topological polar surface area (TPSA) is 3.24 Å². The summed E-state index contributed by atoms with van der Waals surface area (Å²) >= 11 is 0. The Balaban J connectivity index is 0.000000994. The van der Waals surface area contributed by atoms with Gasteiger partial charge in [0.15, 0.2) is 0 Å². The lowest BCUT2D eigenvalue weighted by atomic mass is 10.0. The zero-order chi connectivity index (χ0) is 20.1. The van der Waals surface area contributed by atoms with Crippen molar-refractivity contribution in [1.82, 2.24) is 0 Å². The average molecular weight is 376 g/mol. The molecule has 1 nitrogen and oxygen atoms in total. The maximum absolute atomic E-state index is 2.37. The Labute approximate surface area is 172 Å². The first-order valence-electron chi connectivity index (χ1n) is 10.2. The molecule has 142 valence electrons. The van der Waals surface area contributed by atoms with E-state index in [1.807, 2.05) is 13.8 Å². The van der Waals surface area contributed by atoms with Crippen LogP contribution in [0, 0.1) is 0 Å². The Morgan fingerprint density at radius 2 is 0.828 bits per heavy atom. The van der Waals surface area contributed by atoms with Crippen LogP contribution in [0.3, 0.4) is 0 Å². The van der Waals surface area contributed by atoms with E-state index in [4.69, 9.17) is 0 Å². The molecule has 5 aromatic carbocycles. The molecule has 5 rings (SSSR count). The van der Waals surface area contributed by atoms with Crippen LogP contribution in [-0.4, -0.2) is 0 Å². The van der Waals surface area contributed by atoms with Crippen LogP contribution in [0.5, 0.6) is 0 Å². The maximum Gasteiger partial charge on any atom is 0.0540 e. The SMILES string of the molecule is CC.c1ccc(N(c2cccc3ccccc23)c2cccc3ccccc23)cc1. The van der Waals surface area contributed by atoms with Crippen molar-refractivity contribution in [3.05, 3.63) is 115 Å². The van der Waals surface area contributed by atoms with Gasteiger partial charge in [-0.15, -0.1) is 0 Å². The number of para-hydroxylation sites is 1. The van der Waals surface area contributed by atoms with E-state index in [0.29, 0.717) is 0 Å². The number of fused-ring (bicyclic) bond motifs is 2. The Hall–Kier alpha value is -3.58. The van der Waals surface area contributed by atoms with Gasteiger partial charge in [0, 0.05) is 16.5 Å². The molecule has 0 heterocycles. The van der Waals surface area contributed by atoms with E-state index in [1.54, 1.807) is 0 Å². The second-order valence-corrected chi connectivity index (χ2v) is 6.67. The fourth-order valence-electron chi connectivity index (χ4n) is 3.79. The molecule has 0 N–H and O–H groups in total. The van der Waals surface area contributed by atoms with E-state index < -0.39 is 0 Å². The summed E-state index contributed by atoms with van der Waals surface area (Å²) in [6.45, 7) is 4.00. The summed E-state index contributed by atoms with van der Waals surface area (Å²) in [5.74, 6) is 0. The van der Waals surface area contributed by atoms with Crippen LogP contribution in [0.1, 0.15) is 13.8 Å². The number of hydrogen-bond donors (Lipinski definition) is 0. The third kappa shape index (κ3) is 3.60. The Morgan fingerprint density at radius 1 is 0.414 bits per heavy atom. The first-order chi connectivity index (χ1) is 14.4. The van der Waals surface area contributed by atoms with E-state index in [1.165, 1.54) is 32.9 Å². The van der Waals surface area contributed by atoms with E-state index in [9.17, 15) is 0 Å². The van der Waals surface area contributed by atoms with Gasteiger partial charge in [0.05, 0.1) is 11.4 Å². The van der Waals surface area contributed by atoms with Crippen molar-refractivity contribution in [3.8, 4) is 0 Å². The van der Waals surface area contributed by atoms with E-state index in [-0.39, 0.29) is 0 Å². The summed E-state index contributed by atoms with van der Waals surface area (Å²) in [5, 5.41) is 4.99. The summed E-state index contributed by atoms with van der Waals surface area (Å²) in [6, 6.07) is 40.8. The molecule has 0 saturated heterocycles. The molecule has 0 aliphatic rings. The van der Waals surface area contributed by atoms with Crippen molar-refractivity contribution >= 4 is 38.6 Å². The minimum Gasteiger partial charge on any atom is -0.309 e. The van der Waals surface area contributed by atoms with E-state index in [0.717, 1.165) is 5.69 Å². The van der Waals surface area contributed by atoms with Crippen LogP contribution < -0.4 is 4.90 Å². The van der Waals surface area contributed by atoms with Crippen molar-refractivity contribution in [1.29, 1.82) is 0 Å². The fraction of sp³-hybridized carbons (Fsp3) is 0.0714. The van der Waals surface area contributed by atoms with Crippen LogP contribution in [0.15, 0.2) is 115 Å². The molecule has 0 aliphatic heterocycles. The molecule has 5 aromatic rings. The standard InChI is InChI=1S/C26H19N.C2H6/c1-2-14-22(15-3-1)27(25-18-8-12-20-10-4-6-16-23(20)25)26-19-9-13-21-11-5-7-17-24(21)26;1-2/h1-19H;1-2H3. The van der Waals surface area contributed by atoms with Crippen LogP contribution in [0.4, 0.5) is 17.1 Å². The summed E-state index contributed by atoms with van der Waals surface area (Å²) < 4.78 is 0. The molecule has 0 spiro atoms. The third-order valence-electron chi connectivity index (χ3n) is 5.03. The lowest BCUT2D eigenvalue weighted by molar-refractivity contribution is 1.31. The summed E-state index contributed by atoms with van der Waals surface area (Å²) in [6.07, 6.45) is 0. The molecule has 1 heteroatoms. The van der Waals surface area contributed by atoms with Crippen molar-refractivity contribution in [2.45, 2.75) is 13.8 Å². The first-order valence-corrected chi connectivity index (χ1v) is 10.2. The number of nitrogens with zero attached hydrogens (tertiary/aromatic N) is 1. The molecule has 0 aromatic heterocycles. The van der Waals surface area contributed by atoms with Crippen LogP contribution >= 0.6 is 0 Å². The van der Waals surface area contributed by atoms with Gasteiger partial charge in [0.1, 0.15) is 0 Å². The monoisotopic (exact) mass is 375 g/mol. The summed E-state index contributed by atoms with van der Waals surface area (Å²) in [4.78, 5) is 2.37. The highest BCUT2D eigenvalue weighted by atomic mass is 15.1. The third-order valence-corrected chi connectivity index (χ3v) is 5.03. The van der Waals surface area contributed by atoms with Gasteiger partial charge < -0.3 is 4.90 Å². The highest BCUT2D eigenvalue weighted by Crippen LogP contribution is 2.41. The van der Waals surface area contributed by atoms with Gasteiger partial charge in [-0.05, 0) is 35.0 Å². The molecular weight excluding hydrogens is 350 g/mol. The van der Waals surface area contributed by atoms with Crippen molar-refractivity contribution in [2.24, 2.45) is 0 Å². The van der Waals surface area contributed by atoms with Crippen LogP contribution in [-0.2, 0) is 0 Å². The predicted octanol–water partition coefficient (Wildman–Crippen LogP) is 8.49. The average Bonchev–Trinajstić information content (AvgIpc) is 2.82. The zero-order valence-electron chi connectivity index (χ0n) is 16.9. The molecule has 0 atom stereocenters.